The number of aliphatic hydroxyl groups is 1. The standard InChI is InChI=1S/C17H17NO3/c19-16-14-9-5-4-8-13(14)10-15(16)18-17(20)21-11-12-6-2-1-3-7-12/h1-9,15-16,19H,10-11H2,(H,18,20)/t15-,16+/m1/s1. The molecule has 21 heavy (non-hydrogen) atoms. The van der Waals surface area contributed by atoms with Gasteiger partial charge in [-0.2, -0.15) is 0 Å². The molecule has 4 heteroatoms. The molecule has 1 amide bonds. The lowest BCUT2D eigenvalue weighted by Gasteiger charge is -2.16. The maximum absolute atomic E-state index is 11.8. The second kappa shape index (κ2) is 5.97. The fourth-order valence-corrected chi connectivity index (χ4v) is 2.62. The third kappa shape index (κ3) is 3.06. The van der Waals surface area contributed by atoms with Crippen LogP contribution in [0.5, 0.6) is 0 Å². The highest BCUT2D eigenvalue weighted by Gasteiger charge is 2.31. The minimum Gasteiger partial charge on any atom is -0.445 e. The largest absolute Gasteiger partial charge is 0.445 e. The summed E-state index contributed by atoms with van der Waals surface area (Å²) in [4.78, 5) is 11.8. The van der Waals surface area contributed by atoms with Gasteiger partial charge in [0.15, 0.2) is 0 Å². The van der Waals surface area contributed by atoms with Crippen molar-refractivity contribution in [3.8, 4) is 0 Å². The van der Waals surface area contributed by atoms with E-state index in [0.717, 1.165) is 16.7 Å². The highest BCUT2D eigenvalue weighted by molar-refractivity contribution is 5.68. The third-order valence-corrected chi connectivity index (χ3v) is 3.71. The molecule has 108 valence electrons. The van der Waals surface area contributed by atoms with Crippen LogP contribution in [0.4, 0.5) is 4.79 Å². The van der Waals surface area contributed by atoms with E-state index in [4.69, 9.17) is 4.74 Å². The highest BCUT2D eigenvalue weighted by atomic mass is 16.5. The Morgan fingerprint density at radius 1 is 1.14 bits per heavy atom. The molecule has 0 radical (unpaired) electrons. The van der Waals surface area contributed by atoms with Gasteiger partial charge in [-0.1, -0.05) is 54.6 Å². The van der Waals surface area contributed by atoms with Crippen LogP contribution in [0.1, 0.15) is 22.8 Å². The maximum atomic E-state index is 11.8. The van der Waals surface area contributed by atoms with E-state index in [1.54, 1.807) is 0 Å². The smallest absolute Gasteiger partial charge is 0.407 e. The lowest BCUT2D eigenvalue weighted by atomic mass is 10.1. The molecule has 1 aliphatic rings. The van der Waals surface area contributed by atoms with E-state index in [9.17, 15) is 9.90 Å². The van der Waals surface area contributed by atoms with Gasteiger partial charge in [0, 0.05) is 0 Å². The van der Waals surface area contributed by atoms with Gasteiger partial charge >= 0.3 is 6.09 Å². The molecule has 3 rings (SSSR count). The minimum atomic E-state index is -0.675. The Morgan fingerprint density at radius 2 is 1.86 bits per heavy atom. The summed E-state index contributed by atoms with van der Waals surface area (Å²) in [5.41, 5.74) is 2.88. The molecule has 2 atom stereocenters. The molecule has 0 spiro atoms. The monoisotopic (exact) mass is 283 g/mol. The molecular formula is C17H17NO3. The number of ether oxygens (including phenoxy) is 1. The van der Waals surface area contributed by atoms with Crippen LogP contribution < -0.4 is 5.32 Å². The van der Waals surface area contributed by atoms with Crippen molar-refractivity contribution in [2.24, 2.45) is 0 Å². The van der Waals surface area contributed by atoms with Gasteiger partial charge in [-0.25, -0.2) is 4.79 Å². The van der Waals surface area contributed by atoms with Gasteiger partial charge < -0.3 is 15.2 Å². The Morgan fingerprint density at radius 3 is 2.62 bits per heavy atom. The van der Waals surface area contributed by atoms with Crippen molar-refractivity contribution in [2.45, 2.75) is 25.2 Å². The number of carbonyl (C=O) groups excluding carboxylic acids is 1. The first kappa shape index (κ1) is 13.6. The summed E-state index contributed by atoms with van der Waals surface area (Å²) < 4.78 is 5.18. The molecule has 2 aromatic rings. The summed E-state index contributed by atoms with van der Waals surface area (Å²) in [5, 5.41) is 12.9. The number of hydrogen-bond acceptors (Lipinski definition) is 3. The predicted octanol–water partition coefficient (Wildman–Crippen LogP) is 2.57. The van der Waals surface area contributed by atoms with Crippen molar-refractivity contribution in [3.63, 3.8) is 0 Å². The number of alkyl carbamates (subject to hydrolysis) is 1. The van der Waals surface area contributed by atoms with Crippen LogP contribution in [0.15, 0.2) is 54.6 Å². The van der Waals surface area contributed by atoms with Crippen LogP contribution in [0.25, 0.3) is 0 Å². The third-order valence-electron chi connectivity index (χ3n) is 3.71. The molecule has 0 fully saturated rings. The van der Waals surface area contributed by atoms with E-state index < -0.39 is 12.2 Å². The molecule has 1 aliphatic carbocycles. The van der Waals surface area contributed by atoms with E-state index >= 15 is 0 Å². The topological polar surface area (TPSA) is 58.6 Å². The van der Waals surface area contributed by atoms with Crippen molar-refractivity contribution in [1.82, 2.24) is 5.32 Å². The van der Waals surface area contributed by atoms with Crippen LogP contribution >= 0.6 is 0 Å². The summed E-state index contributed by atoms with van der Waals surface area (Å²) in [6.07, 6.45) is -0.557. The molecule has 0 unspecified atom stereocenters. The Labute approximate surface area is 123 Å². The van der Waals surface area contributed by atoms with E-state index in [0.29, 0.717) is 6.42 Å². The molecular weight excluding hydrogens is 266 g/mol. The number of rotatable bonds is 3. The number of carbonyl (C=O) groups is 1. The van der Waals surface area contributed by atoms with Crippen LogP contribution in [0.3, 0.4) is 0 Å². The van der Waals surface area contributed by atoms with Gasteiger partial charge in [-0.3, -0.25) is 0 Å². The Kier molecular flexibility index (Phi) is 3.88. The fraction of sp³-hybridized carbons (Fsp3) is 0.235. The number of benzene rings is 2. The average molecular weight is 283 g/mol. The first-order chi connectivity index (χ1) is 10.2. The average Bonchev–Trinajstić information content (AvgIpc) is 2.83. The molecule has 0 aliphatic heterocycles. The lowest BCUT2D eigenvalue weighted by Crippen LogP contribution is -2.38. The molecule has 2 aromatic carbocycles. The van der Waals surface area contributed by atoms with Gasteiger partial charge in [0.25, 0.3) is 0 Å². The van der Waals surface area contributed by atoms with Crippen LogP contribution in [0.2, 0.25) is 0 Å². The van der Waals surface area contributed by atoms with Crippen molar-refractivity contribution in [3.05, 3.63) is 71.3 Å². The highest BCUT2D eigenvalue weighted by Crippen LogP contribution is 2.30. The molecule has 0 bridgehead atoms. The van der Waals surface area contributed by atoms with Crippen LogP contribution in [-0.4, -0.2) is 17.2 Å². The molecule has 0 saturated heterocycles. The maximum Gasteiger partial charge on any atom is 0.407 e. The molecule has 2 N–H and O–H groups in total. The molecule has 4 nitrogen and oxygen atoms in total. The molecule has 0 saturated carbocycles. The van der Waals surface area contributed by atoms with Crippen LogP contribution in [-0.2, 0) is 17.8 Å². The van der Waals surface area contributed by atoms with E-state index in [1.165, 1.54) is 0 Å². The zero-order chi connectivity index (χ0) is 14.7. The minimum absolute atomic E-state index is 0.225. The summed E-state index contributed by atoms with van der Waals surface area (Å²) in [6.45, 7) is 0.225. The second-order valence-electron chi connectivity index (χ2n) is 5.16. The van der Waals surface area contributed by atoms with Crippen molar-refractivity contribution >= 4 is 6.09 Å². The normalized spacial score (nSPS) is 19.9. The van der Waals surface area contributed by atoms with Gasteiger partial charge in [0.2, 0.25) is 0 Å². The first-order valence-corrected chi connectivity index (χ1v) is 6.97. The number of amides is 1. The predicted molar refractivity (Wildman–Crippen MR) is 78.7 cm³/mol. The quantitative estimate of drug-likeness (QED) is 0.910. The Balaban J connectivity index is 1.55. The summed E-state index contributed by atoms with van der Waals surface area (Å²) >= 11 is 0. The van der Waals surface area contributed by atoms with E-state index in [1.807, 2.05) is 54.6 Å². The lowest BCUT2D eigenvalue weighted by molar-refractivity contribution is 0.109. The number of nitrogens with one attached hydrogen (secondary N) is 1. The van der Waals surface area contributed by atoms with Gasteiger partial charge in [-0.05, 0) is 23.1 Å². The van der Waals surface area contributed by atoms with Gasteiger partial charge in [0.1, 0.15) is 6.61 Å². The number of fused-ring (bicyclic) bond motifs is 1. The zero-order valence-corrected chi connectivity index (χ0v) is 11.5. The molecule has 0 aromatic heterocycles. The molecule has 0 heterocycles. The fourth-order valence-electron chi connectivity index (χ4n) is 2.62. The Hall–Kier alpha value is -2.33. The van der Waals surface area contributed by atoms with Crippen molar-refractivity contribution in [1.29, 1.82) is 0 Å². The van der Waals surface area contributed by atoms with E-state index in [2.05, 4.69) is 5.32 Å². The SMILES string of the molecule is O=C(N[C@@H]1Cc2ccccc2[C@@H]1O)OCc1ccccc1. The van der Waals surface area contributed by atoms with E-state index in [-0.39, 0.29) is 12.6 Å². The zero-order valence-electron chi connectivity index (χ0n) is 11.5. The van der Waals surface area contributed by atoms with Crippen molar-refractivity contribution in [2.75, 3.05) is 0 Å². The second-order valence-corrected chi connectivity index (χ2v) is 5.16. The Bertz CT molecular complexity index is 627. The summed E-state index contributed by atoms with van der Waals surface area (Å²) in [5.74, 6) is 0. The van der Waals surface area contributed by atoms with Gasteiger partial charge in [-0.15, -0.1) is 0 Å². The summed E-state index contributed by atoms with van der Waals surface area (Å²) in [7, 11) is 0. The summed E-state index contributed by atoms with van der Waals surface area (Å²) in [6, 6.07) is 16.8. The van der Waals surface area contributed by atoms with Crippen LogP contribution in [0, 0.1) is 0 Å². The number of aliphatic hydroxyl groups excluding tert-OH is 1. The first-order valence-electron chi connectivity index (χ1n) is 6.97. The number of hydrogen-bond donors (Lipinski definition) is 2. The van der Waals surface area contributed by atoms with Crippen molar-refractivity contribution < 1.29 is 14.6 Å². The van der Waals surface area contributed by atoms with Gasteiger partial charge in [0.05, 0.1) is 12.1 Å².